The first-order valence-electron chi connectivity index (χ1n) is 8.07. The van der Waals surface area contributed by atoms with Gasteiger partial charge in [-0.2, -0.15) is 0 Å². The number of thiazole rings is 1. The van der Waals surface area contributed by atoms with Crippen molar-refractivity contribution in [1.82, 2.24) is 9.88 Å². The number of carbonyl (C=O) groups is 1. The molecule has 0 spiro atoms. The van der Waals surface area contributed by atoms with Gasteiger partial charge in [0.2, 0.25) is 12.7 Å². The van der Waals surface area contributed by atoms with Gasteiger partial charge >= 0.3 is 0 Å². The van der Waals surface area contributed by atoms with Gasteiger partial charge in [-0.3, -0.25) is 4.79 Å². The van der Waals surface area contributed by atoms with Crippen molar-refractivity contribution in [2.75, 3.05) is 19.9 Å². The van der Waals surface area contributed by atoms with Crippen LogP contribution in [0.15, 0.2) is 23.6 Å². The van der Waals surface area contributed by atoms with Crippen LogP contribution in [0.3, 0.4) is 0 Å². The summed E-state index contributed by atoms with van der Waals surface area (Å²) in [4.78, 5) is 18.9. The van der Waals surface area contributed by atoms with Gasteiger partial charge in [-0.25, -0.2) is 4.98 Å². The molecule has 3 heterocycles. The number of benzene rings is 1. The maximum atomic E-state index is 12.4. The molecular weight excluding hydrogens is 397 g/mol. The number of ether oxygens (including phenoxy) is 2. The number of aromatic nitrogens is 1. The van der Waals surface area contributed by atoms with Gasteiger partial charge in [-0.05, 0) is 31.0 Å². The number of nitrogens with two attached hydrogens (primary N) is 1. The number of halogens is 2. The predicted octanol–water partition coefficient (Wildman–Crippen LogP) is 2.87. The highest BCUT2D eigenvalue weighted by Crippen LogP contribution is 2.36. The predicted molar refractivity (Wildman–Crippen MR) is 106 cm³/mol. The zero-order valence-electron chi connectivity index (χ0n) is 14.1. The monoisotopic (exact) mass is 417 g/mol. The Bertz CT molecular complexity index is 763. The summed E-state index contributed by atoms with van der Waals surface area (Å²) in [6.07, 6.45) is 2.10. The summed E-state index contributed by atoms with van der Waals surface area (Å²) < 4.78 is 10.7. The van der Waals surface area contributed by atoms with E-state index in [9.17, 15) is 4.79 Å². The first-order chi connectivity index (χ1) is 11.7. The summed E-state index contributed by atoms with van der Waals surface area (Å²) in [5, 5.41) is 2.84. The van der Waals surface area contributed by atoms with E-state index in [1.165, 1.54) is 11.3 Å². The van der Waals surface area contributed by atoms with Crippen LogP contribution in [0.2, 0.25) is 0 Å². The lowest BCUT2D eigenvalue weighted by atomic mass is 10.1. The van der Waals surface area contributed by atoms with E-state index in [0.717, 1.165) is 53.7 Å². The van der Waals surface area contributed by atoms with Crippen molar-refractivity contribution in [2.24, 2.45) is 5.73 Å². The molecule has 1 amide bonds. The molecule has 6 nitrogen and oxygen atoms in total. The number of hydrogen-bond donors (Lipinski definition) is 1. The average molecular weight is 418 g/mol. The van der Waals surface area contributed by atoms with E-state index in [-0.39, 0.29) is 43.6 Å². The number of rotatable bonds is 3. The molecule has 0 bridgehead atoms. The van der Waals surface area contributed by atoms with Crippen molar-refractivity contribution >= 4 is 42.1 Å². The summed E-state index contributed by atoms with van der Waals surface area (Å²) >= 11 is 1.54. The molecule has 9 heteroatoms. The van der Waals surface area contributed by atoms with Crippen molar-refractivity contribution in [3.8, 4) is 22.1 Å². The summed E-state index contributed by atoms with van der Waals surface area (Å²) in [7, 11) is 0. The van der Waals surface area contributed by atoms with E-state index in [1.54, 1.807) is 0 Å². The maximum Gasteiger partial charge on any atom is 0.231 e. The molecule has 142 valence electrons. The molecular formula is C17H21Cl2N3O3S. The summed E-state index contributed by atoms with van der Waals surface area (Å²) in [6.45, 7) is 1.76. The molecule has 1 aromatic heterocycles. The van der Waals surface area contributed by atoms with Crippen LogP contribution in [-0.2, 0) is 11.2 Å². The van der Waals surface area contributed by atoms with E-state index in [4.69, 9.17) is 15.2 Å². The van der Waals surface area contributed by atoms with Crippen LogP contribution in [0, 0.1) is 0 Å². The SMILES string of the molecule is Cl.Cl.NC1CCN(C(=O)Cc2csc(-c3ccc4c(c3)OCO4)n2)CC1. The third-order valence-electron chi connectivity index (χ3n) is 4.40. The second-order valence-corrected chi connectivity index (χ2v) is 6.97. The van der Waals surface area contributed by atoms with Gasteiger partial charge < -0.3 is 20.1 Å². The molecule has 2 aromatic rings. The number of fused-ring (bicyclic) bond motifs is 1. The average Bonchev–Trinajstić information content (AvgIpc) is 3.23. The van der Waals surface area contributed by atoms with Gasteiger partial charge in [-0.15, -0.1) is 36.2 Å². The number of hydrogen-bond acceptors (Lipinski definition) is 6. The van der Waals surface area contributed by atoms with Crippen LogP contribution < -0.4 is 15.2 Å². The highest BCUT2D eigenvalue weighted by atomic mass is 35.5. The fourth-order valence-corrected chi connectivity index (χ4v) is 3.78. The Hall–Kier alpha value is -1.54. The topological polar surface area (TPSA) is 77.7 Å². The van der Waals surface area contributed by atoms with Crippen LogP contribution in [0.5, 0.6) is 11.5 Å². The van der Waals surface area contributed by atoms with E-state index in [1.807, 2.05) is 28.5 Å². The summed E-state index contributed by atoms with van der Waals surface area (Å²) in [6, 6.07) is 6.01. The minimum absolute atomic E-state index is 0. The van der Waals surface area contributed by atoms with E-state index in [2.05, 4.69) is 4.98 Å². The zero-order chi connectivity index (χ0) is 16.5. The molecule has 0 atom stereocenters. The molecule has 0 saturated carbocycles. The van der Waals surface area contributed by atoms with Gasteiger partial charge in [0.1, 0.15) is 5.01 Å². The molecule has 1 fully saturated rings. The number of amides is 1. The van der Waals surface area contributed by atoms with Crippen molar-refractivity contribution < 1.29 is 14.3 Å². The molecule has 0 radical (unpaired) electrons. The third kappa shape index (κ3) is 4.40. The van der Waals surface area contributed by atoms with Crippen LogP contribution in [0.25, 0.3) is 10.6 Å². The lowest BCUT2D eigenvalue weighted by Gasteiger charge is -2.30. The number of carbonyl (C=O) groups excluding carboxylic acids is 1. The first-order valence-corrected chi connectivity index (χ1v) is 8.95. The Kier molecular flexibility index (Phi) is 7.11. The Balaban J connectivity index is 0.00000121. The Morgan fingerprint density at radius 1 is 1.23 bits per heavy atom. The van der Waals surface area contributed by atoms with Gasteiger partial charge in [0.05, 0.1) is 12.1 Å². The molecule has 0 aliphatic carbocycles. The van der Waals surface area contributed by atoms with Gasteiger partial charge in [0, 0.05) is 30.1 Å². The normalized spacial score (nSPS) is 16.0. The van der Waals surface area contributed by atoms with Crippen LogP contribution >= 0.6 is 36.2 Å². The highest BCUT2D eigenvalue weighted by Gasteiger charge is 2.21. The second kappa shape index (κ2) is 8.90. The smallest absolute Gasteiger partial charge is 0.231 e. The lowest BCUT2D eigenvalue weighted by molar-refractivity contribution is -0.131. The Labute approximate surface area is 168 Å². The Morgan fingerprint density at radius 2 is 1.96 bits per heavy atom. The molecule has 2 N–H and O–H groups in total. The van der Waals surface area contributed by atoms with Crippen LogP contribution in [-0.4, -0.2) is 41.7 Å². The molecule has 4 rings (SSSR count). The van der Waals surface area contributed by atoms with E-state index in [0.29, 0.717) is 6.42 Å². The summed E-state index contributed by atoms with van der Waals surface area (Å²) in [5.74, 6) is 1.63. The standard InChI is InChI=1S/C17H19N3O3S.2ClH/c18-12-3-5-20(6-4-12)16(21)8-13-9-24-17(19-13)11-1-2-14-15(7-11)23-10-22-14;;/h1-2,7,9,12H,3-6,8,10,18H2;2*1H. The number of likely N-dealkylation sites (tertiary alicyclic amines) is 1. The molecule has 2 aliphatic rings. The molecule has 0 unspecified atom stereocenters. The molecule has 1 aromatic carbocycles. The Morgan fingerprint density at radius 3 is 2.73 bits per heavy atom. The fourth-order valence-electron chi connectivity index (χ4n) is 2.97. The van der Waals surface area contributed by atoms with Crippen molar-refractivity contribution in [2.45, 2.75) is 25.3 Å². The lowest BCUT2D eigenvalue weighted by Crippen LogP contribution is -2.43. The molecule has 1 saturated heterocycles. The molecule has 26 heavy (non-hydrogen) atoms. The molecule has 2 aliphatic heterocycles. The fraction of sp³-hybridized carbons (Fsp3) is 0.412. The van der Waals surface area contributed by atoms with Crippen molar-refractivity contribution in [3.63, 3.8) is 0 Å². The largest absolute Gasteiger partial charge is 0.454 e. The van der Waals surface area contributed by atoms with Gasteiger partial charge in [0.15, 0.2) is 11.5 Å². The van der Waals surface area contributed by atoms with Crippen molar-refractivity contribution in [1.29, 1.82) is 0 Å². The quantitative estimate of drug-likeness (QED) is 0.830. The number of piperidine rings is 1. The third-order valence-corrected chi connectivity index (χ3v) is 5.34. The first kappa shape index (κ1) is 20.8. The van der Waals surface area contributed by atoms with Gasteiger partial charge in [0.25, 0.3) is 0 Å². The highest BCUT2D eigenvalue weighted by molar-refractivity contribution is 7.13. The second-order valence-electron chi connectivity index (χ2n) is 6.11. The van der Waals surface area contributed by atoms with Crippen molar-refractivity contribution in [3.05, 3.63) is 29.3 Å². The minimum atomic E-state index is 0. The summed E-state index contributed by atoms with van der Waals surface area (Å²) in [5.41, 5.74) is 7.68. The maximum absolute atomic E-state index is 12.4. The van der Waals surface area contributed by atoms with E-state index < -0.39 is 0 Å². The number of nitrogens with zero attached hydrogens (tertiary/aromatic N) is 2. The van der Waals surface area contributed by atoms with Crippen LogP contribution in [0.1, 0.15) is 18.5 Å². The minimum Gasteiger partial charge on any atom is -0.454 e. The zero-order valence-corrected chi connectivity index (χ0v) is 16.5. The van der Waals surface area contributed by atoms with E-state index >= 15 is 0 Å². The van der Waals surface area contributed by atoms with Gasteiger partial charge in [-0.1, -0.05) is 0 Å². The van der Waals surface area contributed by atoms with Crippen LogP contribution in [0.4, 0.5) is 0 Å².